The van der Waals surface area contributed by atoms with Crippen LogP contribution in [-0.2, 0) is 29.8 Å². The number of rotatable bonds is 17. The van der Waals surface area contributed by atoms with Gasteiger partial charge in [0.2, 0.25) is 13.3 Å². The summed E-state index contributed by atoms with van der Waals surface area (Å²) in [5.41, 5.74) is 1.51. The fourth-order valence-corrected chi connectivity index (χ4v) is 12.1. The van der Waals surface area contributed by atoms with Crippen molar-refractivity contribution >= 4 is 52.4 Å². The number of carbonyl (C=O) groups is 3. The van der Waals surface area contributed by atoms with Gasteiger partial charge in [-0.15, -0.1) is 17.9 Å². The van der Waals surface area contributed by atoms with Crippen LogP contribution in [0.15, 0.2) is 60.9 Å². The van der Waals surface area contributed by atoms with Crippen molar-refractivity contribution in [1.29, 1.82) is 0 Å². The molecule has 1 saturated heterocycles. The molecular weight excluding hydrogens is 816 g/mol. The van der Waals surface area contributed by atoms with Gasteiger partial charge >= 0.3 is 5.97 Å². The minimum absolute atomic E-state index is 0.0439. The number of esters is 1. The number of anilines is 1. The number of pyridine rings is 1. The van der Waals surface area contributed by atoms with Crippen LogP contribution < -0.4 is 14.8 Å². The first kappa shape index (κ1) is 44.3. The van der Waals surface area contributed by atoms with Crippen LogP contribution >= 0.6 is 18.7 Å². The van der Waals surface area contributed by atoms with Crippen molar-refractivity contribution in [2.45, 2.75) is 122 Å². The van der Waals surface area contributed by atoms with Gasteiger partial charge in [0.05, 0.1) is 60.3 Å². The van der Waals surface area contributed by atoms with Gasteiger partial charge in [0.25, 0.3) is 0 Å². The fourth-order valence-electron chi connectivity index (χ4n) is 8.78. The van der Waals surface area contributed by atoms with Crippen molar-refractivity contribution < 1.29 is 38.1 Å². The number of ether oxygens (including phenoxy) is 3. The monoisotopic (exact) mass is 872 g/mol. The van der Waals surface area contributed by atoms with Gasteiger partial charge < -0.3 is 29.3 Å². The number of thiazole rings is 1. The lowest BCUT2D eigenvalue weighted by Gasteiger charge is -2.35. The molecule has 0 bridgehead atoms. The van der Waals surface area contributed by atoms with E-state index in [4.69, 9.17) is 24.2 Å². The topological polar surface area (TPSA) is 183 Å². The number of aromatic nitrogens is 4. The number of hydrogen-bond donors (Lipinski definition) is 2. The summed E-state index contributed by atoms with van der Waals surface area (Å²) in [5, 5.41) is 5.45. The molecule has 6 atom stereocenters. The van der Waals surface area contributed by atoms with Crippen LogP contribution in [0, 0.1) is 17.3 Å². The number of carbonyl (C=O) groups excluding carboxylic acids is 3. The van der Waals surface area contributed by atoms with Gasteiger partial charge in [0.15, 0.2) is 10.9 Å². The summed E-state index contributed by atoms with van der Waals surface area (Å²) >= 11 is 1.47. The van der Waals surface area contributed by atoms with E-state index >= 15 is 0 Å². The summed E-state index contributed by atoms with van der Waals surface area (Å²) in [5.74, 6) is -1.25. The van der Waals surface area contributed by atoms with Crippen molar-refractivity contribution in [2.24, 2.45) is 17.3 Å². The summed E-state index contributed by atoms with van der Waals surface area (Å²) in [4.78, 5) is 74.4. The zero-order chi connectivity index (χ0) is 43.7. The number of nitrogens with one attached hydrogen (secondary N) is 1. The van der Waals surface area contributed by atoms with Crippen LogP contribution in [0.2, 0.25) is 0 Å². The molecule has 61 heavy (non-hydrogen) atoms. The standard InChI is InChI=1S/C45H57N6O8PS/c1-8-28-21-45(28,60(55,56)25-29-23-46-15-16-47-29)22-39(52)38-18-32(24-51(38)42(54)34(44(4,5)6)19-41(53)59-30-11-9-10-12-30)58-40-20-36(37-26-61-43(50-37)48-27(2)3)49-35-17-31(57-7)13-14-33(35)40/h8,13-17,20,23,26-28,30,32,34,38H,1,9-12,18-19,21-22,24-25H2,2-7H3,(H,48,50)(H,55,56)/t28-,32-,34-,38+,45-/m1/s1. The Morgan fingerprint density at radius 2 is 1.89 bits per heavy atom. The van der Waals surface area contributed by atoms with Crippen LogP contribution in [0.5, 0.6) is 11.5 Å². The molecule has 1 aliphatic heterocycles. The molecular formula is C45H57N6O8PS. The minimum Gasteiger partial charge on any atom is -0.497 e. The van der Waals surface area contributed by atoms with E-state index in [1.807, 2.05) is 64.3 Å². The summed E-state index contributed by atoms with van der Waals surface area (Å²) in [6.45, 7) is 13.8. The third kappa shape index (κ3) is 9.84. The first-order chi connectivity index (χ1) is 29.0. The van der Waals surface area contributed by atoms with E-state index in [1.54, 1.807) is 13.2 Å². The number of methoxy groups -OCH3 is 1. The predicted molar refractivity (Wildman–Crippen MR) is 235 cm³/mol. The van der Waals surface area contributed by atoms with Crippen LogP contribution in [0.4, 0.5) is 5.13 Å². The smallest absolute Gasteiger partial charge is 0.306 e. The molecule has 7 rings (SSSR count). The predicted octanol–water partition coefficient (Wildman–Crippen LogP) is 8.24. The lowest BCUT2D eigenvalue weighted by molar-refractivity contribution is -0.156. The summed E-state index contributed by atoms with van der Waals surface area (Å²) in [6, 6.07) is 6.51. The number of Topliss-reactive ketones (excluding diaryl/α,β-unsaturated/α-hetero) is 1. The van der Waals surface area contributed by atoms with E-state index in [1.165, 1.54) is 34.8 Å². The molecule has 326 valence electrons. The van der Waals surface area contributed by atoms with Crippen molar-refractivity contribution in [3.63, 3.8) is 0 Å². The SMILES string of the molecule is C=C[C@@H]1C[C@]1(CC(=O)[C@@H]1C[C@@H](Oc2cc(-c3csc(NC(C)C)n3)nc3cc(OC)ccc23)CN1C(=O)[C@@H](CC(=O)OC1CCCC1)C(C)(C)C)P(=O)(O)Cc1cnccn1. The second-order valence-corrected chi connectivity index (χ2v) is 21.5. The Morgan fingerprint density at radius 1 is 1.11 bits per heavy atom. The molecule has 0 radical (unpaired) electrons. The van der Waals surface area contributed by atoms with Gasteiger partial charge in [-0.1, -0.05) is 26.8 Å². The maximum Gasteiger partial charge on any atom is 0.306 e. The van der Waals surface area contributed by atoms with Gasteiger partial charge in [-0.05, 0) is 69.4 Å². The normalized spacial score (nSPS) is 23.1. The lowest BCUT2D eigenvalue weighted by Crippen LogP contribution is -2.48. The average Bonchev–Trinajstić information content (AvgIpc) is 3.61. The molecule has 14 nitrogen and oxygen atoms in total. The van der Waals surface area contributed by atoms with Gasteiger partial charge in [-0.2, -0.15) is 0 Å². The number of ketones is 1. The Bertz CT molecular complexity index is 2310. The highest BCUT2D eigenvalue weighted by molar-refractivity contribution is 7.59. The van der Waals surface area contributed by atoms with Crippen LogP contribution in [-0.4, -0.2) is 90.5 Å². The van der Waals surface area contributed by atoms with E-state index in [-0.39, 0.29) is 61.7 Å². The Labute approximate surface area is 361 Å². The average molecular weight is 873 g/mol. The third-order valence-electron chi connectivity index (χ3n) is 12.2. The molecule has 1 aromatic carbocycles. The molecule has 1 amide bonds. The molecule has 0 spiro atoms. The summed E-state index contributed by atoms with van der Waals surface area (Å²) < 4.78 is 32.5. The van der Waals surface area contributed by atoms with Gasteiger partial charge in [-0.25, -0.2) is 9.97 Å². The van der Waals surface area contributed by atoms with Gasteiger partial charge in [0.1, 0.15) is 29.4 Å². The number of hydrogen-bond acceptors (Lipinski definition) is 13. The molecule has 3 aromatic heterocycles. The van der Waals surface area contributed by atoms with Crippen LogP contribution in [0.1, 0.15) is 91.7 Å². The number of nitrogens with zero attached hydrogens (tertiary/aromatic N) is 5. The van der Waals surface area contributed by atoms with E-state index in [2.05, 4.69) is 21.9 Å². The first-order valence-electron chi connectivity index (χ1n) is 21.1. The maximum atomic E-state index is 15.0. The zero-order valence-corrected chi connectivity index (χ0v) is 37.5. The molecule has 2 aliphatic carbocycles. The minimum atomic E-state index is -4.06. The van der Waals surface area contributed by atoms with Crippen LogP contribution in [0.3, 0.4) is 0 Å². The van der Waals surface area contributed by atoms with E-state index in [0.29, 0.717) is 45.9 Å². The maximum absolute atomic E-state index is 15.0. The van der Waals surface area contributed by atoms with Gasteiger partial charge in [0, 0.05) is 60.4 Å². The second-order valence-electron chi connectivity index (χ2n) is 18.1. The number of likely N-dealkylation sites (tertiary alicyclic amines) is 1. The highest BCUT2D eigenvalue weighted by atomic mass is 32.1. The van der Waals surface area contributed by atoms with E-state index in [0.717, 1.165) is 30.8 Å². The highest BCUT2D eigenvalue weighted by Crippen LogP contribution is 2.74. The largest absolute Gasteiger partial charge is 0.497 e. The molecule has 4 aromatic rings. The van der Waals surface area contributed by atoms with Crippen molar-refractivity contribution in [3.05, 3.63) is 66.6 Å². The first-order valence-corrected chi connectivity index (χ1v) is 23.8. The third-order valence-corrected chi connectivity index (χ3v) is 15.8. The molecule has 2 saturated carbocycles. The highest BCUT2D eigenvalue weighted by Gasteiger charge is 2.65. The Balaban J connectivity index is 1.22. The number of fused-ring (bicyclic) bond motifs is 1. The number of amides is 1. The van der Waals surface area contributed by atoms with Crippen LogP contribution in [0.25, 0.3) is 22.3 Å². The Morgan fingerprint density at radius 3 is 2.54 bits per heavy atom. The molecule has 2 N–H and O–H groups in total. The van der Waals surface area contributed by atoms with E-state index in [9.17, 15) is 23.8 Å². The number of benzene rings is 1. The van der Waals surface area contributed by atoms with Crippen molar-refractivity contribution in [3.8, 4) is 22.9 Å². The molecule has 1 unspecified atom stereocenters. The molecule has 4 heterocycles. The Kier molecular flexibility index (Phi) is 13.0. The summed E-state index contributed by atoms with van der Waals surface area (Å²) in [7, 11) is -2.47. The molecule has 3 fully saturated rings. The Hall–Kier alpha value is -4.72. The van der Waals surface area contributed by atoms with Crippen molar-refractivity contribution in [1.82, 2.24) is 24.8 Å². The quantitative estimate of drug-likeness (QED) is 0.0588. The van der Waals surface area contributed by atoms with E-state index < -0.39 is 42.0 Å². The second kappa shape index (κ2) is 17.9. The molecule has 16 heteroatoms. The van der Waals surface area contributed by atoms with Gasteiger partial charge in [-0.3, -0.25) is 28.9 Å². The summed E-state index contributed by atoms with van der Waals surface area (Å²) in [6.07, 6.45) is 8.60. The number of allylic oxidation sites excluding steroid dienone is 1. The zero-order valence-electron chi connectivity index (χ0n) is 35.8. The van der Waals surface area contributed by atoms with Crippen molar-refractivity contribution in [2.75, 3.05) is 19.0 Å². The molecule has 3 aliphatic rings. The lowest BCUT2D eigenvalue weighted by atomic mass is 9.77. The fraction of sp³-hybridized carbons (Fsp3) is 0.533.